The number of benzene rings is 1. The first-order valence-corrected chi connectivity index (χ1v) is 6.90. The Morgan fingerprint density at radius 2 is 2.29 bits per heavy atom. The quantitative estimate of drug-likeness (QED) is 0.756. The maximum absolute atomic E-state index is 13.2. The molecule has 1 aromatic rings. The molecule has 0 spiro atoms. The van der Waals surface area contributed by atoms with Gasteiger partial charge >= 0.3 is 0 Å². The Balaban J connectivity index is 2.39. The van der Waals surface area contributed by atoms with Crippen LogP contribution in [-0.4, -0.2) is 29.9 Å². The third-order valence-corrected chi connectivity index (χ3v) is 4.20. The average Bonchev–Trinajstić information content (AvgIpc) is 2.30. The number of hydrogen-bond acceptors (Lipinski definition) is 3. The normalized spacial score (nSPS) is 20.4. The van der Waals surface area contributed by atoms with Crippen molar-refractivity contribution in [1.29, 1.82) is 0 Å². The minimum absolute atomic E-state index is 0.0788. The van der Waals surface area contributed by atoms with E-state index in [1.807, 2.05) is 11.8 Å². The van der Waals surface area contributed by atoms with Gasteiger partial charge in [-0.1, -0.05) is 0 Å². The number of nitrogens with zero attached hydrogens (tertiary/aromatic N) is 1. The van der Waals surface area contributed by atoms with Crippen molar-refractivity contribution in [3.05, 3.63) is 29.6 Å². The average molecular weight is 253 g/mol. The predicted octanol–water partition coefficient (Wildman–Crippen LogP) is 2.97. The summed E-state index contributed by atoms with van der Waals surface area (Å²) in [6.45, 7) is 4.54. The van der Waals surface area contributed by atoms with Crippen LogP contribution in [-0.2, 0) is 0 Å². The van der Waals surface area contributed by atoms with Gasteiger partial charge in [-0.05, 0) is 32.0 Å². The Bertz CT molecular complexity index is 435. The molecule has 0 N–H and O–H groups in total. The van der Waals surface area contributed by atoms with Crippen molar-refractivity contribution >= 4 is 23.2 Å². The van der Waals surface area contributed by atoms with E-state index in [1.54, 1.807) is 6.07 Å². The summed E-state index contributed by atoms with van der Waals surface area (Å²) in [7, 11) is 0. The topological polar surface area (TPSA) is 20.3 Å². The van der Waals surface area contributed by atoms with E-state index in [0.29, 0.717) is 11.6 Å². The van der Waals surface area contributed by atoms with E-state index in [2.05, 4.69) is 11.8 Å². The Morgan fingerprint density at radius 3 is 2.94 bits per heavy atom. The number of hydrogen-bond donors (Lipinski definition) is 0. The van der Waals surface area contributed by atoms with Gasteiger partial charge in [-0.2, -0.15) is 11.8 Å². The second-order valence-electron chi connectivity index (χ2n) is 4.33. The van der Waals surface area contributed by atoms with Crippen molar-refractivity contribution < 1.29 is 9.18 Å². The highest BCUT2D eigenvalue weighted by atomic mass is 32.2. The maximum Gasteiger partial charge on any atom is 0.161 e. The lowest BCUT2D eigenvalue weighted by atomic mass is 10.1. The predicted molar refractivity (Wildman–Crippen MR) is 70.5 cm³/mol. The smallest absolute Gasteiger partial charge is 0.161 e. The van der Waals surface area contributed by atoms with Crippen LogP contribution in [0.5, 0.6) is 0 Å². The van der Waals surface area contributed by atoms with Gasteiger partial charge < -0.3 is 4.90 Å². The highest BCUT2D eigenvalue weighted by Gasteiger charge is 2.22. The summed E-state index contributed by atoms with van der Waals surface area (Å²) >= 11 is 1.92. The molecule has 1 atom stereocenters. The van der Waals surface area contributed by atoms with E-state index in [1.165, 1.54) is 19.1 Å². The third-order valence-electron chi connectivity index (χ3n) is 3.01. The van der Waals surface area contributed by atoms with Gasteiger partial charge in [0, 0.05) is 35.3 Å². The first-order valence-electron chi connectivity index (χ1n) is 5.74. The van der Waals surface area contributed by atoms with E-state index in [-0.39, 0.29) is 11.6 Å². The number of ketones is 1. The SMILES string of the molecule is CC(=O)c1cc(F)ccc1N1CCSCC1C. The summed E-state index contributed by atoms with van der Waals surface area (Å²) in [6, 6.07) is 4.87. The van der Waals surface area contributed by atoms with Crippen LogP contribution in [0.25, 0.3) is 0 Å². The van der Waals surface area contributed by atoms with Crippen molar-refractivity contribution in [3.63, 3.8) is 0 Å². The standard InChI is InChI=1S/C13H16FNOS/c1-9-8-17-6-5-15(9)13-4-3-11(14)7-12(13)10(2)16/h3-4,7,9H,5-6,8H2,1-2H3. The van der Waals surface area contributed by atoms with Crippen molar-refractivity contribution in [2.24, 2.45) is 0 Å². The van der Waals surface area contributed by atoms with E-state index < -0.39 is 0 Å². The lowest BCUT2D eigenvalue weighted by molar-refractivity contribution is 0.101. The number of thioether (sulfide) groups is 1. The third kappa shape index (κ3) is 2.63. The summed E-state index contributed by atoms with van der Waals surface area (Å²) in [6.07, 6.45) is 0. The number of halogens is 1. The van der Waals surface area contributed by atoms with Crippen molar-refractivity contribution in [1.82, 2.24) is 0 Å². The summed E-state index contributed by atoms with van der Waals surface area (Å²) in [5, 5.41) is 0. The molecule has 1 aromatic carbocycles. The molecule has 0 aliphatic carbocycles. The van der Waals surface area contributed by atoms with Gasteiger partial charge in [0.15, 0.2) is 5.78 Å². The molecule has 1 unspecified atom stereocenters. The van der Waals surface area contributed by atoms with Gasteiger partial charge in [0.2, 0.25) is 0 Å². The van der Waals surface area contributed by atoms with Crippen LogP contribution < -0.4 is 4.90 Å². The molecule has 1 fully saturated rings. The Kier molecular flexibility index (Phi) is 3.72. The van der Waals surface area contributed by atoms with E-state index in [9.17, 15) is 9.18 Å². The van der Waals surface area contributed by atoms with Crippen molar-refractivity contribution in [3.8, 4) is 0 Å². The second kappa shape index (κ2) is 5.08. The summed E-state index contributed by atoms with van der Waals surface area (Å²) in [5.74, 6) is 1.68. The highest BCUT2D eigenvalue weighted by molar-refractivity contribution is 7.99. The van der Waals surface area contributed by atoms with Crippen LogP contribution in [0.4, 0.5) is 10.1 Å². The molecular formula is C13H16FNOS. The van der Waals surface area contributed by atoms with Gasteiger partial charge in [0.25, 0.3) is 0 Å². The molecule has 1 aliphatic heterocycles. The van der Waals surface area contributed by atoms with Crippen LogP contribution in [0.3, 0.4) is 0 Å². The molecule has 1 aliphatic rings. The largest absolute Gasteiger partial charge is 0.367 e. The number of carbonyl (C=O) groups excluding carboxylic acids is 1. The molecular weight excluding hydrogens is 237 g/mol. The van der Waals surface area contributed by atoms with E-state index in [4.69, 9.17) is 0 Å². The minimum atomic E-state index is -0.349. The van der Waals surface area contributed by atoms with Gasteiger partial charge in [-0.3, -0.25) is 4.79 Å². The molecule has 1 saturated heterocycles. The van der Waals surface area contributed by atoms with Crippen LogP contribution in [0.15, 0.2) is 18.2 Å². The van der Waals surface area contributed by atoms with Gasteiger partial charge in [-0.25, -0.2) is 4.39 Å². The number of carbonyl (C=O) groups is 1. The van der Waals surface area contributed by atoms with Crippen molar-refractivity contribution in [2.45, 2.75) is 19.9 Å². The number of rotatable bonds is 2. The molecule has 2 rings (SSSR count). The number of anilines is 1. The van der Waals surface area contributed by atoms with Gasteiger partial charge in [0.1, 0.15) is 5.82 Å². The zero-order valence-electron chi connectivity index (χ0n) is 10.1. The first-order chi connectivity index (χ1) is 8.09. The molecule has 17 heavy (non-hydrogen) atoms. The fourth-order valence-electron chi connectivity index (χ4n) is 2.13. The molecule has 92 valence electrons. The maximum atomic E-state index is 13.2. The molecule has 4 heteroatoms. The molecule has 0 bridgehead atoms. The molecule has 1 heterocycles. The summed E-state index contributed by atoms with van der Waals surface area (Å²) in [5.41, 5.74) is 1.36. The zero-order chi connectivity index (χ0) is 12.4. The summed E-state index contributed by atoms with van der Waals surface area (Å²) < 4.78 is 13.2. The second-order valence-corrected chi connectivity index (χ2v) is 5.48. The van der Waals surface area contributed by atoms with Crippen LogP contribution in [0.2, 0.25) is 0 Å². The minimum Gasteiger partial charge on any atom is -0.367 e. The van der Waals surface area contributed by atoms with Crippen LogP contribution >= 0.6 is 11.8 Å². The van der Waals surface area contributed by atoms with Crippen molar-refractivity contribution in [2.75, 3.05) is 23.0 Å². The monoisotopic (exact) mass is 253 g/mol. The van der Waals surface area contributed by atoms with Crippen LogP contribution in [0.1, 0.15) is 24.2 Å². The molecule has 0 saturated carbocycles. The molecule has 2 nitrogen and oxygen atoms in total. The Labute approximate surface area is 105 Å². The van der Waals surface area contributed by atoms with Gasteiger partial charge in [0.05, 0.1) is 0 Å². The lowest BCUT2D eigenvalue weighted by Crippen LogP contribution is -2.41. The number of Topliss-reactive ketones (excluding diaryl/α,β-unsaturated/α-hetero) is 1. The van der Waals surface area contributed by atoms with E-state index in [0.717, 1.165) is 23.7 Å². The Morgan fingerprint density at radius 1 is 1.53 bits per heavy atom. The zero-order valence-corrected chi connectivity index (χ0v) is 10.9. The molecule has 0 aromatic heterocycles. The first kappa shape index (κ1) is 12.4. The fraction of sp³-hybridized carbons (Fsp3) is 0.462. The van der Waals surface area contributed by atoms with Gasteiger partial charge in [-0.15, -0.1) is 0 Å². The summed E-state index contributed by atoms with van der Waals surface area (Å²) in [4.78, 5) is 13.8. The highest BCUT2D eigenvalue weighted by Crippen LogP contribution is 2.28. The Hall–Kier alpha value is -1.03. The van der Waals surface area contributed by atoms with E-state index >= 15 is 0 Å². The molecule has 0 radical (unpaired) electrons. The molecule has 0 amide bonds. The lowest BCUT2D eigenvalue weighted by Gasteiger charge is -2.36. The fourth-order valence-corrected chi connectivity index (χ4v) is 3.14. The van der Waals surface area contributed by atoms with Crippen LogP contribution in [0, 0.1) is 5.82 Å².